The molecule has 0 unspecified atom stereocenters. The van der Waals surface area contributed by atoms with Crippen LogP contribution in [0.2, 0.25) is 0 Å². The fraction of sp³-hybridized carbons (Fsp3) is 0.136. The van der Waals surface area contributed by atoms with E-state index in [0.29, 0.717) is 18.2 Å². The van der Waals surface area contributed by atoms with Crippen LogP contribution in [0.3, 0.4) is 0 Å². The van der Waals surface area contributed by atoms with E-state index in [9.17, 15) is 22.0 Å². The maximum atomic E-state index is 13.4. The number of benzene rings is 3. The Morgan fingerprint density at radius 2 is 1.67 bits per heavy atom. The number of para-hydroxylation sites is 1. The van der Waals surface area contributed by atoms with Crippen LogP contribution in [0.15, 0.2) is 71.6 Å². The second-order valence-electron chi connectivity index (χ2n) is 6.95. The topological polar surface area (TPSA) is 66.5 Å². The van der Waals surface area contributed by atoms with E-state index in [4.69, 9.17) is 0 Å². The van der Waals surface area contributed by atoms with E-state index in [2.05, 4.69) is 4.72 Å². The van der Waals surface area contributed by atoms with E-state index in [-0.39, 0.29) is 11.6 Å². The number of nitrogens with one attached hydrogen (secondary N) is 1. The number of carbonyl (C=O) groups is 1. The molecule has 1 aliphatic heterocycles. The van der Waals surface area contributed by atoms with Gasteiger partial charge < -0.3 is 4.90 Å². The number of sulfonamides is 1. The number of hydrogen-bond acceptors (Lipinski definition) is 3. The SMILES string of the molecule is O=C(c1ccc(NS(=O)(=O)c2ccc(F)c(F)c2)cc1)N1CCCc2ccccc21. The molecule has 0 aliphatic carbocycles. The number of amides is 1. The van der Waals surface area contributed by atoms with Crippen LogP contribution < -0.4 is 9.62 Å². The van der Waals surface area contributed by atoms with Gasteiger partial charge in [0.1, 0.15) is 0 Å². The van der Waals surface area contributed by atoms with Crippen molar-refractivity contribution in [1.82, 2.24) is 0 Å². The number of nitrogens with zero attached hydrogens (tertiary/aromatic N) is 1. The summed E-state index contributed by atoms with van der Waals surface area (Å²) in [5.41, 5.74) is 2.63. The van der Waals surface area contributed by atoms with Crippen molar-refractivity contribution in [1.29, 1.82) is 0 Å². The molecule has 0 spiro atoms. The van der Waals surface area contributed by atoms with E-state index < -0.39 is 26.6 Å². The van der Waals surface area contributed by atoms with Gasteiger partial charge in [0, 0.05) is 23.5 Å². The first-order valence-corrected chi connectivity index (χ1v) is 10.8. The molecule has 0 saturated heterocycles. The summed E-state index contributed by atoms with van der Waals surface area (Å²) in [6, 6.07) is 16.1. The van der Waals surface area contributed by atoms with Gasteiger partial charge in [-0.25, -0.2) is 17.2 Å². The summed E-state index contributed by atoms with van der Waals surface area (Å²) in [6.07, 6.45) is 1.79. The molecule has 30 heavy (non-hydrogen) atoms. The summed E-state index contributed by atoms with van der Waals surface area (Å²) < 4.78 is 53.5. The Morgan fingerprint density at radius 3 is 2.40 bits per heavy atom. The van der Waals surface area contributed by atoms with Crippen LogP contribution in [0, 0.1) is 11.6 Å². The Balaban J connectivity index is 1.53. The maximum Gasteiger partial charge on any atom is 0.261 e. The van der Waals surface area contributed by atoms with Crippen molar-refractivity contribution < 1.29 is 22.0 Å². The van der Waals surface area contributed by atoms with Crippen molar-refractivity contribution in [3.63, 3.8) is 0 Å². The highest BCUT2D eigenvalue weighted by Gasteiger charge is 2.23. The van der Waals surface area contributed by atoms with Gasteiger partial charge in [-0.1, -0.05) is 18.2 Å². The van der Waals surface area contributed by atoms with Gasteiger partial charge >= 0.3 is 0 Å². The van der Waals surface area contributed by atoms with Crippen LogP contribution in [0.4, 0.5) is 20.2 Å². The number of carbonyl (C=O) groups excluding carboxylic acids is 1. The molecule has 0 fully saturated rings. The minimum Gasteiger partial charge on any atom is -0.308 e. The number of halogens is 2. The third-order valence-electron chi connectivity index (χ3n) is 4.94. The van der Waals surface area contributed by atoms with Crippen molar-refractivity contribution in [2.75, 3.05) is 16.2 Å². The normalized spacial score (nSPS) is 13.6. The first-order valence-electron chi connectivity index (χ1n) is 9.33. The molecule has 1 amide bonds. The maximum absolute atomic E-state index is 13.4. The highest BCUT2D eigenvalue weighted by Crippen LogP contribution is 2.28. The minimum atomic E-state index is -4.10. The van der Waals surface area contributed by atoms with E-state index in [1.165, 1.54) is 24.3 Å². The number of anilines is 2. The zero-order chi connectivity index (χ0) is 21.3. The fourth-order valence-corrected chi connectivity index (χ4v) is 4.51. The van der Waals surface area contributed by atoms with Gasteiger partial charge in [-0.15, -0.1) is 0 Å². The Kier molecular flexibility index (Phi) is 5.26. The van der Waals surface area contributed by atoms with Crippen molar-refractivity contribution in [2.45, 2.75) is 17.7 Å². The summed E-state index contributed by atoms with van der Waals surface area (Å²) in [6.45, 7) is 0.611. The molecular weight excluding hydrogens is 410 g/mol. The smallest absolute Gasteiger partial charge is 0.261 e. The van der Waals surface area contributed by atoms with Crippen LogP contribution in [-0.2, 0) is 16.4 Å². The lowest BCUT2D eigenvalue weighted by molar-refractivity contribution is 0.0985. The molecule has 3 aromatic rings. The highest BCUT2D eigenvalue weighted by molar-refractivity contribution is 7.92. The van der Waals surface area contributed by atoms with Gasteiger partial charge in [0.25, 0.3) is 15.9 Å². The van der Waals surface area contributed by atoms with Gasteiger partial charge in [-0.05, 0) is 66.9 Å². The van der Waals surface area contributed by atoms with Crippen LogP contribution >= 0.6 is 0 Å². The Labute approximate surface area is 173 Å². The van der Waals surface area contributed by atoms with Crippen molar-refractivity contribution in [2.24, 2.45) is 0 Å². The average molecular weight is 428 g/mol. The van der Waals surface area contributed by atoms with Gasteiger partial charge in [0.05, 0.1) is 4.90 Å². The van der Waals surface area contributed by atoms with Crippen LogP contribution in [0.25, 0.3) is 0 Å². The fourth-order valence-electron chi connectivity index (χ4n) is 3.44. The third-order valence-corrected chi connectivity index (χ3v) is 6.32. The summed E-state index contributed by atoms with van der Waals surface area (Å²) in [5, 5.41) is 0. The molecule has 8 heteroatoms. The predicted octanol–water partition coefficient (Wildman–Crippen LogP) is 4.36. The molecule has 0 bridgehead atoms. The van der Waals surface area contributed by atoms with E-state index >= 15 is 0 Å². The summed E-state index contributed by atoms with van der Waals surface area (Å²) in [5.74, 6) is -2.55. The molecule has 0 radical (unpaired) electrons. The standard InChI is InChI=1S/C22H18F2N2O3S/c23-19-12-11-18(14-20(19)24)30(28,29)25-17-9-7-16(8-10-17)22(27)26-13-3-5-15-4-1-2-6-21(15)26/h1-2,4,6-12,14,25H,3,5,13H2. The summed E-state index contributed by atoms with van der Waals surface area (Å²) >= 11 is 0. The Morgan fingerprint density at radius 1 is 0.933 bits per heavy atom. The first kappa shape index (κ1) is 20.0. The second-order valence-corrected chi connectivity index (χ2v) is 8.63. The van der Waals surface area contributed by atoms with Crippen molar-refractivity contribution in [3.8, 4) is 0 Å². The summed E-state index contributed by atoms with van der Waals surface area (Å²) in [4.78, 5) is 14.3. The third kappa shape index (κ3) is 3.91. The molecule has 1 N–H and O–H groups in total. The molecule has 1 heterocycles. The number of aryl methyl sites for hydroxylation is 1. The molecule has 154 valence electrons. The second kappa shape index (κ2) is 7.87. The monoisotopic (exact) mass is 428 g/mol. The van der Waals surface area contributed by atoms with Crippen molar-refractivity contribution >= 4 is 27.3 Å². The molecule has 0 saturated carbocycles. The van der Waals surface area contributed by atoms with Gasteiger partial charge in [0.15, 0.2) is 11.6 Å². The van der Waals surface area contributed by atoms with E-state index in [0.717, 1.165) is 36.2 Å². The zero-order valence-corrected chi connectivity index (χ0v) is 16.6. The molecule has 0 atom stereocenters. The highest BCUT2D eigenvalue weighted by atomic mass is 32.2. The van der Waals surface area contributed by atoms with E-state index in [1.807, 2.05) is 24.3 Å². The van der Waals surface area contributed by atoms with Gasteiger partial charge in [0.2, 0.25) is 0 Å². The molecule has 0 aromatic heterocycles. The Bertz CT molecular complexity index is 1210. The summed E-state index contributed by atoms with van der Waals surface area (Å²) in [7, 11) is -4.10. The van der Waals surface area contributed by atoms with Crippen LogP contribution in [-0.4, -0.2) is 20.9 Å². The molecule has 4 rings (SSSR count). The predicted molar refractivity (Wildman–Crippen MR) is 110 cm³/mol. The lowest BCUT2D eigenvalue weighted by Gasteiger charge is -2.29. The number of rotatable bonds is 4. The molecular formula is C22H18F2N2O3S. The number of hydrogen-bond donors (Lipinski definition) is 1. The number of fused-ring (bicyclic) bond motifs is 1. The lowest BCUT2D eigenvalue weighted by Crippen LogP contribution is -2.35. The van der Waals surface area contributed by atoms with E-state index in [1.54, 1.807) is 4.90 Å². The quantitative estimate of drug-likeness (QED) is 0.672. The van der Waals surface area contributed by atoms with Crippen LogP contribution in [0.1, 0.15) is 22.3 Å². The molecule has 3 aromatic carbocycles. The van der Waals surface area contributed by atoms with Crippen molar-refractivity contribution in [3.05, 3.63) is 89.5 Å². The van der Waals surface area contributed by atoms with Gasteiger partial charge in [-0.3, -0.25) is 9.52 Å². The Hall–Kier alpha value is -3.26. The van der Waals surface area contributed by atoms with Gasteiger partial charge in [-0.2, -0.15) is 0 Å². The average Bonchev–Trinajstić information content (AvgIpc) is 2.75. The molecule has 1 aliphatic rings. The molecule has 5 nitrogen and oxygen atoms in total. The largest absolute Gasteiger partial charge is 0.308 e. The van der Waals surface area contributed by atoms with Crippen LogP contribution in [0.5, 0.6) is 0 Å². The first-order chi connectivity index (χ1) is 14.3. The minimum absolute atomic E-state index is 0.169. The zero-order valence-electron chi connectivity index (χ0n) is 15.8. The lowest BCUT2D eigenvalue weighted by atomic mass is 10.0.